The van der Waals surface area contributed by atoms with Gasteiger partial charge in [0.1, 0.15) is 11.5 Å². The van der Waals surface area contributed by atoms with E-state index < -0.39 is 0 Å². The SMILES string of the molecule is CCC(C)C(=O)Nc1ncc2c(n1)CC(c1ccc(OC)cc1OC)CC2=O. The van der Waals surface area contributed by atoms with Gasteiger partial charge in [0.15, 0.2) is 5.78 Å². The van der Waals surface area contributed by atoms with Crippen LogP contribution in [-0.4, -0.2) is 35.9 Å². The molecule has 0 spiro atoms. The molecule has 148 valence electrons. The van der Waals surface area contributed by atoms with Crippen LogP contribution in [0.2, 0.25) is 0 Å². The Morgan fingerprint density at radius 1 is 1.29 bits per heavy atom. The molecular formula is C21H25N3O4. The lowest BCUT2D eigenvalue weighted by atomic mass is 9.82. The molecule has 1 aromatic carbocycles. The molecule has 1 heterocycles. The number of Topliss-reactive ketones (excluding diaryl/α,β-unsaturated/α-hetero) is 1. The lowest BCUT2D eigenvalue weighted by molar-refractivity contribution is -0.119. The number of amides is 1. The topological polar surface area (TPSA) is 90.4 Å². The highest BCUT2D eigenvalue weighted by Gasteiger charge is 2.30. The number of benzene rings is 1. The van der Waals surface area contributed by atoms with Crippen molar-refractivity contribution in [3.05, 3.63) is 41.2 Å². The Balaban J connectivity index is 1.88. The molecule has 28 heavy (non-hydrogen) atoms. The molecule has 1 aromatic heterocycles. The zero-order chi connectivity index (χ0) is 20.3. The largest absolute Gasteiger partial charge is 0.497 e. The standard InChI is InChI=1S/C21H25N3O4/c1-5-12(2)20(26)24-21-22-11-16-17(23-21)8-13(9-18(16)25)15-7-6-14(27-3)10-19(15)28-4/h6-7,10-13H,5,8-9H2,1-4H3,(H,22,23,24,26). The van der Waals surface area contributed by atoms with Crippen molar-refractivity contribution in [3.63, 3.8) is 0 Å². The molecule has 0 radical (unpaired) electrons. The summed E-state index contributed by atoms with van der Waals surface area (Å²) in [7, 11) is 3.20. The van der Waals surface area contributed by atoms with Gasteiger partial charge in [-0.25, -0.2) is 9.97 Å². The maximum atomic E-state index is 12.6. The summed E-state index contributed by atoms with van der Waals surface area (Å²) in [6.07, 6.45) is 3.17. The van der Waals surface area contributed by atoms with Crippen molar-refractivity contribution in [2.75, 3.05) is 19.5 Å². The molecule has 3 rings (SSSR count). The highest BCUT2D eigenvalue weighted by Crippen LogP contribution is 2.38. The smallest absolute Gasteiger partial charge is 0.229 e. The zero-order valence-electron chi connectivity index (χ0n) is 16.6. The Morgan fingerprint density at radius 3 is 2.75 bits per heavy atom. The number of carbonyl (C=O) groups is 2. The third kappa shape index (κ3) is 3.98. The number of methoxy groups -OCH3 is 2. The minimum Gasteiger partial charge on any atom is -0.497 e. The number of nitrogens with one attached hydrogen (secondary N) is 1. The second-order valence-corrected chi connectivity index (χ2v) is 6.99. The van der Waals surface area contributed by atoms with Gasteiger partial charge in [0, 0.05) is 30.5 Å². The predicted octanol–water partition coefficient (Wildman–Crippen LogP) is 3.39. The van der Waals surface area contributed by atoms with Gasteiger partial charge in [-0.2, -0.15) is 0 Å². The number of rotatable bonds is 6. The molecule has 2 unspecified atom stereocenters. The number of fused-ring (bicyclic) bond motifs is 1. The fraction of sp³-hybridized carbons (Fsp3) is 0.429. The van der Waals surface area contributed by atoms with Gasteiger partial charge in [-0.15, -0.1) is 0 Å². The Kier molecular flexibility index (Phi) is 5.92. The van der Waals surface area contributed by atoms with Crippen LogP contribution in [0.1, 0.15) is 54.2 Å². The van der Waals surface area contributed by atoms with E-state index in [0.29, 0.717) is 35.6 Å². The third-order valence-electron chi connectivity index (χ3n) is 5.22. The van der Waals surface area contributed by atoms with Crippen LogP contribution in [0.3, 0.4) is 0 Å². The first kappa shape index (κ1) is 19.8. The number of ketones is 1. The van der Waals surface area contributed by atoms with Gasteiger partial charge in [-0.05, 0) is 24.5 Å². The number of carbonyl (C=O) groups excluding carboxylic acids is 2. The fourth-order valence-corrected chi connectivity index (χ4v) is 3.30. The van der Waals surface area contributed by atoms with Crippen LogP contribution in [-0.2, 0) is 11.2 Å². The van der Waals surface area contributed by atoms with E-state index in [-0.39, 0.29) is 29.5 Å². The van der Waals surface area contributed by atoms with E-state index in [1.165, 1.54) is 6.20 Å². The van der Waals surface area contributed by atoms with Crippen molar-refractivity contribution >= 4 is 17.6 Å². The number of hydrogen-bond acceptors (Lipinski definition) is 6. The lowest BCUT2D eigenvalue weighted by Crippen LogP contribution is -2.24. The number of aromatic nitrogens is 2. The van der Waals surface area contributed by atoms with Crippen LogP contribution in [0.4, 0.5) is 5.95 Å². The molecule has 2 atom stereocenters. The van der Waals surface area contributed by atoms with Crippen molar-refractivity contribution in [2.45, 2.75) is 39.0 Å². The van der Waals surface area contributed by atoms with Gasteiger partial charge in [0.25, 0.3) is 0 Å². The molecule has 0 saturated heterocycles. The molecule has 2 aromatic rings. The third-order valence-corrected chi connectivity index (χ3v) is 5.22. The molecular weight excluding hydrogens is 358 g/mol. The summed E-state index contributed by atoms with van der Waals surface area (Å²) in [5.41, 5.74) is 2.10. The van der Waals surface area contributed by atoms with E-state index in [9.17, 15) is 9.59 Å². The molecule has 1 amide bonds. The first-order valence-electron chi connectivity index (χ1n) is 9.38. The highest BCUT2D eigenvalue weighted by atomic mass is 16.5. The monoisotopic (exact) mass is 383 g/mol. The highest BCUT2D eigenvalue weighted by molar-refractivity contribution is 5.99. The van der Waals surface area contributed by atoms with E-state index in [2.05, 4.69) is 15.3 Å². The molecule has 0 bridgehead atoms. The average Bonchev–Trinajstić information content (AvgIpc) is 2.72. The molecule has 1 N–H and O–H groups in total. The molecule has 7 nitrogen and oxygen atoms in total. The van der Waals surface area contributed by atoms with Gasteiger partial charge in [0.05, 0.1) is 25.5 Å². The van der Waals surface area contributed by atoms with E-state index in [4.69, 9.17) is 9.47 Å². The Bertz CT molecular complexity index is 897. The summed E-state index contributed by atoms with van der Waals surface area (Å²) in [6.45, 7) is 3.80. The van der Waals surface area contributed by atoms with Gasteiger partial charge in [0.2, 0.25) is 11.9 Å². The van der Waals surface area contributed by atoms with Gasteiger partial charge >= 0.3 is 0 Å². The second kappa shape index (κ2) is 8.37. The van der Waals surface area contributed by atoms with E-state index in [0.717, 1.165) is 12.0 Å². The van der Waals surface area contributed by atoms with Crippen LogP contribution in [0.15, 0.2) is 24.4 Å². The number of ether oxygens (including phenoxy) is 2. The van der Waals surface area contributed by atoms with Crippen molar-refractivity contribution in [2.24, 2.45) is 5.92 Å². The second-order valence-electron chi connectivity index (χ2n) is 6.99. The van der Waals surface area contributed by atoms with Crippen LogP contribution < -0.4 is 14.8 Å². The Morgan fingerprint density at radius 2 is 2.07 bits per heavy atom. The van der Waals surface area contributed by atoms with Crippen LogP contribution in [0, 0.1) is 5.92 Å². The Hall–Kier alpha value is -2.96. The van der Waals surface area contributed by atoms with Crippen molar-refractivity contribution in [1.82, 2.24) is 9.97 Å². The average molecular weight is 383 g/mol. The van der Waals surface area contributed by atoms with Gasteiger partial charge < -0.3 is 9.47 Å². The summed E-state index contributed by atoms with van der Waals surface area (Å²) in [4.78, 5) is 33.4. The minimum absolute atomic E-state index is 0.0103. The molecule has 1 aliphatic rings. The van der Waals surface area contributed by atoms with Crippen LogP contribution >= 0.6 is 0 Å². The number of nitrogens with zero attached hydrogens (tertiary/aromatic N) is 2. The number of anilines is 1. The van der Waals surface area contributed by atoms with Gasteiger partial charge in [-0.3, -0.25) is 14.9 Å². The first-order chi connectivity index (χ1) is 13.5. The Labute approximate surface area is 164 Å². The van der Waals surface area contributed by atoms with E-state index in [1.807, 2.05) is 32.0 Å². The van der Waals surface area contributed by atoms with Gasteiger partial charge in [-0.1, -0.05) is 19.9 Å². The molecule has 1 aliphatic carbocycles. The van der Waals surface area contributed by atoms with Crippen LogP contribution in [0.25, 0.3) is 0 Å². The van der Waals surface area contributed by atoms with Crippen LogP contribution in [0.5, 0.6) is 11.5 Å². The summed E-state index contributed by atoms with van der Waals surface area (Å²) < 4.78 is 10.7. The maximum absolute atomic E-state index is 12.6. The van der Waals surface area contributed by atoms with Crippen molar-refractivity contribution in [1.29, 1.82) is 0 Å². The predicted molar refractivity (Wildman–Crippen MR) is 105 cm³/mol. The summed E-state index contributed by atoms with van der Waals surface area (Å²) in [6, 6.07) is 5.59. The lowest BCUT2D eigenvalue weighted by Gasteiger charge is -2.25. The fourth-order valence-electron chi connectivity index (χ4n) is 3.30. The van der Waals surface area contributed by atoms with E-state index in [1.54, 1.807) is 14.2 Å². The minimum atomic E-state index is -0.127. The maximum Gasteiger partial charge on any atom is 0.229 e. The molecule has 0 aliphatic heterocycles. The molecule has 0 fully saturated rings. The van der Waals surface area contributed by atoms with Crippen molar-refractivity contribution in [3.8, 4) is 11.5 Å². The van der Waals surface area contributed by atoms with E-state index >= 15 is 0 Å². The number of hydrogen-bond donors (Lipinski definition) is 1. The first-order valence-corrected chi connectivity index (χ1v) is 9.38. The molecule has 0 saturated carbocycles. The normalized spacial score (nSPS) is 16.9. The zero-order valence-corrected chi connectivity index (χ0v) is 16.6. The summed E-state index contributed by atoms with van der Waals surface area (Å²) in [5.74, 6) is 1.29. The quantitative estimate of drug-likeness (QED) is 0.822. The summed E-state index contributed by atoms with van der Waals surface area (Å²) >= 11 is 0. The molecule has 7 heteroatoms. The van der Waals surface area contributed by atoms with Crippen molar-refractivity contribution < 1.29 is 19.1 Å². The summed E-state index contributed by atoms with van der Waals surface area (Å²) in [5, 5.41) is 2.74.